The average Bonchev–Trinajstić information content (AvgIpc) is 2.79. The Bertz CT molecular complexity index is 1360. The minimum atomic E-state index is -4.89. The number of benzene rings is 2. The number of carbonyl (C=O) groups excluding carboxylic acids is 1. The number of pyridine rings is 1. The largest absolute Gasteiger partial charge is 0.439 e. The van der Waals surface area contributed by atoms with Crippen molar-refractivity contribution in [2.24, 2.45) is 0 Å². The number of anilines is 1. The van der Waals surface area contributed by atoms with E-state index in [9.17, 15) is 22.4 Å². The minimum absolute atomic E-state index is 0.174. The molecule has 1 amide bonds. The zero-order chi connectivity index (χ0) is 24.3. The minimum Gasteiger partial charge on any atom is -0.439 e. The Hall–Kier alpha value is -4.12. The molecule has 0 saturated carbocycles. The van der Waals surface area contributed by atoms with Crippen molar-refractivity contribution in [2.75, 3.05) is 12.4 Å². The molecule has 34 heavy (non-hydrogen) atoms. The Morgan fingerprint density at radius 3 is 2.62 bits per heavy atom. The number of alkyl halides is 3. The first-order valence-electron chi connectivity index (χ1n) is 9.95. The summed E-state index contributed by atoms with van der Waals surface area (Å²) < 4.78 is 58.2. The van der Waals surface area contributed by atoms with E-state index in [1.165, 1.54) is 18.6 Å². The van der Waals surface area contributed by atoms with E-state index in [2.05, 4.69) is 25.6 Å². The van der Waals surface area contributed by atoms with Gasteiger partial charge in [-0.15, -0.1) is 0 Å². The molecule has 0 aliphatic carbocycles. The number of hydrogen-bond acceptors (Lipinski definition) is 6. The number of nitrogens with one attached hydrogen (secondary N) is 2. The Balaban J connectivity index is 1.58. The first-order valence-corrected chi connectivity index (χ1v) is 9.95. The molecule has 0 radical (unpaired) electrons. The number of nitrogens with zero attached hydrogens (tertiary/aromatic N) is 3. The molecule has 174 valence electrons. The molecule has 2 N–H and O–H groups in total. The topological polar surface area (TPSA) is 89.0 Å². The highest BCUT2D eigenvalue weighted by molar-refractivity contribution is 6.12. The first kappa shape index (κ1) is 23.1. The Morgan fingerprint density at radius 2 is 1.85 bits per heavy atom. The lowest BCUT2D eigenvalue weighted by Crippen LogP contribution is -2.14. The number of amides is 1. The number of carbonyl (C=O) groups is 1. The second-order valence-electron chi connectivity index (χ2n) is 7.16. The van der Waals surface area contributed by atoms with Crippen molar-refractivity contribution in [1.82, 2.24) is 20.3 Å². The van der Waals surface area contributed by atoms with Crippen molar-refractivity contribution in [1.29, 1.82) is 0 Å². The quantitative estimate of drug-likeness (QED) is 0.387. The molecule has 4 aromatic rings. The third kappa shape index (κ3) is 5.09. The van der Waals surface area contributed by atoms with Crippen LogP contribution in [0.15, 0.2) is 61.1 Å². The van der Waals surface area contributed by atoms with Gasteiger partial charge >= 0.3 is 6.18 Å². The number of halogens is 4. The summed E-state index contributed by atoms with van der Waals surface area (Å²) in [6, 6.07) is 10.2. The molecule has 11 heteroatoms. The lowest BCUT2D eigenvalue weighted by molar-refractivity contribution is -0.139. The molecule has 2 aromatic heterocycles. The summed E-state index contributed by atoms with van der Waals surface area (Å²) >= 11 is 0. The van der Waals surface area contributed by atoms with Gasteiger partial charge in [-0.2, -0.15) is 13.2 Å². The average molecular weight is 471 g/mol. The van der Waals surface area contributed by atoms with Crippen LogP contribution in [0, 0.1) is 5.82 Å². The molecular weight excluding hydrogens is 454 g/mol. The molecule has 2 aromatic carbocycles. The standard InChI is InChI=1S/C23H17F4N5O2/c1-28-11-14-9-21(31-12-30-14)34-15-3-4-16-17(6-7-29-20(16)10-15)22(33)32-13-2-5-19(24)18(8-13)23(25,26)27/h2-10,12,28H,11H2,1H3,(H,32,33). The summed E-state index contributed by atoms with van der Waals surface area (Å²) in [5.74, 6) is -1.35. The fraction of sp³-hybridized carbons (Fsp3) is 0.130. The SMILES string of the molecule is CNCc1cc(Oc2ccc3c(C(=O)Nc4ccc(F)c(C(F)(F)F)c4)ccnc3c2)ncn1. The first-order chi connectivity index (χ1) is 16.2. The van der Waals surface area contributed by atoms with Crippen LogP contribution < -0.4 is 15.4 Å². The van der Waals surface area contributed by atoms with Crippen molar-refractivity contribution < 1.29 is 27.1 Å². The van der Waals surface area contributed by atoms with Gasteiger partial charge in [0.1, 0.15) is 17.9 Å². The van der Waals surface area contributed by atoms with Gasteiger partial charge in [-0.3, -0.25) is 9.78 Å². The van der Waals surface area contributed by atoms with Crippen LogP contribution in [0.25, 0.3) is 10.9 Å². The van der Waals surface area contributed by atoms with Crippen LogP contribution in [0.5, 0.6) is 11.6 Å². The Labute approximate surface area is 190 Å². The van der Waals surface area contributed by atoms with E-state index in [0.717, 1.165) is 11.8 Å². The van der Waals surface area contributed by atoms with Crippen LogP contribution in [-0.4, -0.2) is 27.9 Å². The van der Waals surface area contributed by atoms with E-state index >= 15 is 0 Å². The van der Waals surface area contributed by atoms with E-state index in [-0.39, 0.29) is 11.3 Å². The summed E-state index contributed by atoms with van der Waals surface area (Å²) in [6.45, 7) is 0.537. The second-order valence-corrected chi connectivity index (χ2v) is 7.16. The molecular formula is C23H17F4N5O2. The predicted molar refractivity (Wildman–Crippen MR) is 116 cm³/mol. The van der Waals surface area contributed by atoms with Gasteiger partial charge in [0, 0.05) is 35.9 Å². The molecule has 4 rings (SSSR count). The zero-order valence-electron chi connectivity index (χ0n) is 17.7. The summed E-state index contributed by atoms with van der Waals surface area (Å²) in [6.07, 6.45) is -2.12. The summed E-state index contributed by atoms with van der Waals surface area (Å²) in [7, 11) is 1.79. The highest BCUT2D eigenvalue weighted by Crippen LogP contribution is 2.33. The van der Waals surface area contributed by atoms with Gasteiger partial charge in [-0.05, 0) is 43.4 Å². The van der Waals surface area contributed by atoms with E-state index < -0.39 is 23.5 Å². The van der Waals surface area contributed by atoms with Gasteiger partial charge in [0.2, 0.25) is 5.88 Å². The molecule has 2 heterocycles. The number of hydrogen-bond donors (Lipinski definition) is 2. The van der Waals surface area contributed by atoms with Gasteiger partial charge in [0.05, 0.1) is 22.3 Å². The molecule has 0 aliphatic heterocycles. The van der Waals surface area contributed by atoms with Crippen LogP contribution in [0.2, 0.25) is 0 Å². The maximum Gasteiger partial charge on any atom is 0.419 e. The highest BCUT2D eigenvalue weighted by Gasteiger charge is 2.34. The van der Waals surface area contributed by atoms with Crippen molar-refractivity contribution in [2.45, 2.75) is 12.7 Å². The lowest BCUT2D eigenvalue weighted by Gasteiger charge is -2.12. The lowest BCUT2D eigenvalue weighted by atomic mass is 10.1. The molecule has 0 unspecified atom stereocenters. The number of fused-ring (bicyclic) bond motifs is 1. The number of aromatic nitrogens is 3. The summed E-state index contributed by atoms with van der Waals surface area (Å²) in [5, 5.41) is 5.80. The molecule has 0 atom stereocenters. The van der Waals surface area contributed by atoms with Crippen molar-refractivity contribution in [3.8, 4) is 11.6 Å². The zero-order valence-corrected chi connectivity index (χ0v) is 17.7. The van der Waals surface area contributed by atoms with E-state index in [1.807, 2.05) is 0 Å². The van der Waals surface area contributed by atoms with E-state index in [4.69, 9.17) is 4.74 Å². The fourth-order valence-electron chi connectivity index (χ4n) is 3.24. The molecule has 7 nitrogen and oxygen atoms in total. The van der Waals surface area contributed by atoms with E-state index in [1.54, 1.807) is 31.3 Å². The van der Waals surface area contributed by atoms with Crippen LogP contribution in [0.1, 0.15) is 21.6 Å². The van der Waals surface area contributed by atoms with Crippen LogP contribution in [-0.2, 0) is 12.7 Å². The molecule has 0 bridgehead atoms. The van der Waals surface area contributed by atoms with Crippen molar-refractivity contribution in [3.63, 3.8) is 0 Å². The Kier molecular flexibility index (Phi) is 6.37. The molecule has 0 fully saturated rings. The second kappa shape index (κ2) is 9.40. The van der Waals surface area contributed by atoms with E-state index in [0.29, 0.717) is 41.2 Å². The monoisotopic (exact) mass is 471 g/mol. The summed E-state index contributed by atoms with van der Waals surface area (Å²) in [5.41, 5.74) is -0.323. The third-order valence-electron chi connectivity index (χ3n) is 4.77. The molecule has 0 aliphatic rings. The smallest absolute Gasteiger partial charge is 0.419 e. The normalized spacial score (nSPS) is 11.4. The van der Waals surface area contributed by atoms with Gasteiger partial charge in [-0.1, -0.05) is 0 Å². The molecule has 0 saturated heterocycles. The van der Waals surface area contributed by atoms with Gasteiger partial charge in [0.15, 0.2) is 0 Å². The number of rotatable bonds is 6. The van der Waals surface area contributed by atoms with Gasteiger partial charge in [-0.25, -0.2) is 14.4 Å². The highest BCUT2D eigenvalue weighted by atomic mass is 19.4. The fourth-order valence-corrected chi connectivity index (χ4v) is 3.24. The van der Waals surface area contributed by atoms with Crippen molar-refractivity contribution in [3.05, 3.63) is 83.7 Å². The molecule has 0 spiro atoms. The Morgan fingerprint density at radius 1 is 1.03 bits per heavy atom. The van der Waals surface area contributed by atoms with Crippen LogP contribution in [0.4, 0.5) is 23.2 Å². The van der Waals surface area contributed by atoms with Gasteiger partial charge < -0.3 is 15.4 Å². The maximum atomic E-state index is 13.5. The third-order valence-corrected chi connectivity index (χ3v) is 4.77. The summed E-state index contributed by atoms with van der Waals surface area (Å²) in [4.78, 5) is 25.2. The predicted octanol–water partition coefficient (Wildman–Crippen LogP) is 4.95. The van der Waals surface area contributed by atoms with Crippen molar-refractivity contribution >= 4 is 22.5 Å². The number of ether oxygens (including phenoxy) is 1. The van der Waals surface area contributed by atoms with Gasteiger partial charge in [0.25, 0.3) is 5.91 Å². The maximum absolute atomic E-state index is 13.5. The van der Waals surface area contributed by atoms with Crippen LogP contribution in [0.3, 0.4) is 0 Å². The van der Waals surface area contributed by atoms with Crippen LogP contribution >= 0.6 is 0 Å².